The van der Waals surface area contributed by atoms with E-state index in [2.05, 4.69) is 20.9 Å². The molecule has 0 aromatic heterocycles. The number of benzene rings is 3. The van der Waals surface area contributed by atoms with Gasteiger partial charge in [0.2, 0.25) is 23.6 Å². The fourth-order valence-electron chi connectivity index (χ4n) is 10.9. The maximum atomic E-state index is 14.2. The van der Waals surface area contributed by atoms with Crippen LogP contribution in [-0.2, 0) is 48.0 Å². The Labute approximate surface area is 485 Å². The summed E-state index contributed by atoms with van der Waals surface area (Å²) in [5.41, 5.74) is 0.0216. The van der Waals surface area contributed by atoms with Gasteiger partial charge in [-0.2, -0.15) is 0 Å². The molecule has 4 fully saturated rings. The molecule has 4 aliphatic heterocycles. The van der Waals surface area contributed by atoms with Gasteiger partial charge in [-0.25, -0.2) is 27.2 Å². The molecule has 6 amide bonds. The highest BCUT2D eigenvalue weighted by Crippen LogP contribution is 2.27. The first kappa shape index (κ1) is 65.8. The Morgan fingerprint density at radius 2 is 1.05 bits per heavy atom. The highest BCUT2D eigenvalue weighted by atomic mass is 19.1. The zero-order chi connectivity index (χ0) is 60.8. The van der Waals surface area contributed by atoms with E-state index < -0.39 is 107 Å². The Bertz CT molecular complexity index is 2640. The summed E-state index contributed by atoms with van der Waals surface area (Å²) in [4.78, 5) is 86.5. The van der Waals surface area contributed by atoms with E-state index in [1.807, 2.05) is 44.2 Å². The van der Waals surface area contributed by atoms with E-state index >= 15 is 0 Å². The van der Waals surface area contributed by atoms with Crippen LogP contribution in [0.3, 0.4) is 0 Å². The van der Waals surface area contributed by atoms with Crippen LogP contribution in [0, 0.1) is 35.1 Å². The molecule has 0 radical (unpaired) electrons. The number of unbranched alkanes of at least 4 members (excludes halogenated alkanes) is 2. The number of carbonyl (C=O) groups is 6. The first-order valence-electron chi connectivity index (χ1n) is 29.1. The summed E-state index contributed by atoms with van der Waals surface area (Å²) in [5.74, 6) is -5.40. The van der Waals surface area contributed by atoms with Gasteiger partial charge in [-0.05, 0) is 108 Å². The van der Waals surface area contributed by atoms with Gasteiger partial charge in [-0.15, -0.1) is 0 Å². The van der Waals surface area contributed by atoms with Gasteiger partial charge in [0, 0.05) is 97.0 Å². The standard InChI is InChI=1S/C34H46F2N4O5.C27H40F2N4O5/c1-5-6-12-39-21-25(18-30(39)41)32(43)37-28(17-24-15-26(35)19-27(36)16-24)31(42)29-22-38(20-23-10-8-7-9-11-23)13-14-40(29)33(44)45-34(2,3)4;1-5-6-8-32-16-18(13-23(32)34)25(36)31-21(12-17-10-19(28)14-20(29)11-17)24(35)22-15-30-7-9-33(22)26(37)38-27(2,3)4/h7-11,15-16,19,25,28-29,31,42H,5-6,12-14,17-18,20-22H2,1-4H3,(H,37,43);10-11,14,18,21-22,24,30,35H,5-9,12-13,15-16H2,1-4H3,(H,31,36)/t25-,28?,29+,31-;18-,21?,22+,24-/m00/s1. The Hall–Kier alpha value is -6.36. The Morgan fingerprint density at radius 3 is 1.48 bits per heavy atom. The number of ether oxygens (including phenoxy) is 2. The Kier molecular flexibility index (Phi) is 23.7. The molecule has 458 valence electrons. The second-order valence-electron chi connectivity index (χ2n) is 24.3. The summed E-state index contributed by atoms with van der Waals surface area (Å²) >= 11 is 0. The molecule has 0 bridgehead atoms. The van der Waals surface area contributed by atoms with Crippen LogP contribution in [-0.4, -0.2) is 184 Å². The summed E-state index contributed by atoms with van der Waals surface area (Å²) in [6, 6.07) is 12.3. The van der Waals surface area contributed by atoms with Gasteiger partial charge in [-0.1, -0.05) is 57.0 Å². The molecule has 5 N–H and O–H groups in total. The molecule has 3 aromatic carbocycles. The molecule has 4 saturated heterocycles. The summed E-state index contributed by atoms with van der Waals surface area (Å²) in [6.07, 6.45) is -0.404. The highest BCUT2D eigenvalue weighted by molar-refractivity contribution is 5.90. The molecule has 0 saturated carbocycles. The lowest BCUT2D eigenvalue weighted by atomic mass is 9.93. The second kappa shape index (κ2) is 29.9. The molecule has 0 aliphatic carbocycles. The smallest absolute Gasteiger partial charge is 0.410 e. The second-order valence-corrected chi connectivity index (χ2v) is 24.3. The van der Waals surface area contributed by atoms with E-state index in [1.165, 1.54) is 9.80 Å². The van der Waals surface area contributed by atoms with Crippen molar-refractivity contribution in [2.45, 2.75) is 161 Å². The average Bonchev–Trinajstić information content (AvgIpc) is 4.08. The van der Waals surface area contributed by atoms with Crippen LogP contribution in [0.15, 0.2) is 66.7 Å². The van der Waals surface area contributed by atoms with Crippen LogP contribution in [0.2, 0.25) is 0 Å². The van der Waals surface area contributed by atoms with E-state index in [4.69, 9.17) is 9.47 Å². The van der Waals surface area contributed by atoms with E-state index in [-0.39, 0.29) is 87.9 Å². The molecule has 8 atom stereocenters. The number of hydrogen-bond donors (Lipinski definition) is 5. The van der Waals surface area contributed by atoms with Crippen LogP contribution in [0.5, 0.6) is 0 Å². The fraction of sp³-hybridized carbons (Fsp3) is 0.607. The molecular formula is C61H86F4N8O10. The third-order valence-corrected chi connectivity index (χ3v) is 15.0. The number of amides is 6. The van der Waals surface area contributed by atoms with Crippen LogP contribution < -0.4 is 16.0 Å². The predicted octanol–water partition coefficient (Wildman–Crippen LogP) is 6.33. The lowest BCUT2D eigenvalue weighted by Gasteiger charge is -2.45. The number of nitrogens with one attached hydrogen (secondary N) is 3. The number of aliphatic hydroxyl groups excluding tert-OH is 2. The Morgan fingerprint density at radius 1 is 0.614 bits per heavy atom. The van der Waals surface area contributed by atoms with Gasteiger partial charge >= 0.3 is 12.2 Å². The van der Waals surface area contributed by atoms with E-state index in [0.717, 1.165) is 67.6 Å². The van der Waals surface area contributed by atoms with Gasteiger partial charge in [0.1, 0.15) is 34.5 Å². The SMILES string of the molecule is CCCCN1C[C@@H](C(=O)NC(Cc2cc(F)cc(F)c2)[C@H](O)[C@H]2CN(Cc3ccccc3)CCN2C(=O)OC(C)(C)C)CC1=O.CCCCN1C[C@@H](C(=O)NC(Cc2cc(F)cc(F)c2)[C@H](O)[C@H]2CNCCN2C(=O)OC(C)(C)C)CC1=O. The van der Waals surface area contributed by atoms with Gasteiger partial charge in [0.05, 0.1) is 48.2 Å². The van der Waals surface area contributed by atoms with Crippen LogP contribution >= 0.6 is 0 Å². The maximum absolute atomic E-state index is 14.2. The summed E-state index contributed by atoms with van der Waals surface area (Å²) < 4.78 is 67.5. The first-order chi connectivity index (χ1) is 39.2. The van der Waals surface area contributed by atoms with Crippen molar-refractivity contribution < 1.29 is 66.0 Å². The molecule has 3 aromatic rings. The number of hydrogen-bond acceptors (Lipinski definition) is 12. The maximum Gasteiger partial charge on any atom is 0.410 e. The molecule has 4 aliphatic rings. The normalized spacial score (nSPS) is 21.2. The van der Waals surface area contributed by atoms with Gasteiger partial charge < -0.3 is 45.4 Å². The van der Waals surface area contributed by atoms with Crippen molar-refractivity contribution in [1.82, 2.24) is 40.4 Å². The van der Waals surface area contributed by atoms with Crippen molar-refractivity contribution >= 4 is 35.8 Å². The quantitative estimate of drug-likeness (QED) is 0.0786. The monoisotopic (exact) mass is 1170 g/mol. The predicted molar refractivity (Wildman–Crippen MR) is 303 cm³/mol. The topological polar surface area (TPSA) is 214 Å². The summed E-state index contributed by atoms with van der Waals surface area (Å²) in [6.45, 7) is 18.9. The fourth-order valence-corrected chi connectivity index (χ4v) is 10.9. The number of halogens is 4. The summed E-state index contributed by atoms with van der Waals surface area (Å²) in [7, 11) is 0. The third kappa shape index (κ3) is 19.9. The van der Waals surface area contributed by atoms with Crippen molar-refractivity contribution in [2.24, 2.45) is 11.8 Å². The molecule has 18 nitrogen and oxygen atoms in total. The van der Waals surface area contributed by atoms with Gasteiger partial charge in [-0.3, -0.25) is 33.9 Å². The molecular weight excluding hydrogens is 1080 g/mol. The molecule has 22 heteroatoms. The van der Waals surface area contributed by atoms with E-state index in [9.17, 15) is 56.5 Å². The van der Waals surface area contributed by atoms with Gasteiger partial charge in [0.25, 0.3) is 0 Å². The first-order valence-corrected chi connectivity index (χ1v) is 29.1. The van der Waals surface area contributed by atoms with Crippen LogP contribution in [0.25, 0.3) is 0 Å². The van der Waals surface area contributed by atoms with E-state index in [0.29, 0.717) is 32.7 Å². The van der Waals surface area contributed by atoms with Gasteiger partial charge in [0.15, 0.2) is 0 Å². The third-order valence-electron chi connectivity index (χ3n) is 15.0. The van der Waals surface area contributed by atoms with E-state index in [1.54, 1.807) is 51.3 Å². The zero-order valence-electron chi connectivity index (χ0n) is 49.3. The van der Waals surface area contributed by atoms with Crippen molar-refractivity contribution in [1.29, 1.82) is 0 Å². The molecule has 2 unspecified atom stereocenters. The average molecular weight is 1170 g/mol. The minimum atomic E-state index is -1.33. The van der Waals surface area contributed by atoms with Crippen LogP contribution in [0.1, 0.15) is 111 Å². The highest BCUT2D eigenvalue weighted by Gasteiger charge is 2.44. The largest absolute Gasteiger partial charge is 0.444 e. The molecule has 7 rings (SSSR count). The summed E-state index contributed by atoms with van der Waals surface area (Å²) in [5, 5.41) is 32.4. The Balaban J connectivity index is 0.000000271. The van der Waals surface area contributed by atoms with Crippen LogP contribution in [0.4, 0.5) is 27.2 Å². The number of nitrogens with zero attached hydrogens (tertiary/aromatic N) is 5. The molecule has 4 heterocycles. The number of likely N-dealkylation sites (tertiary alicyclic amines) is 2. The lowest BCUT2D eigenvalue weighted by molar-refractivity contribution is -0.129. The van der Waals surface area contributed by atoms with Crippen molar-refractivity contribution in [3.8, 4) is 0 Å². The number of rotatable bonds is 20. The number of aliphatic hydroxyl groups is 2. The van der Waals surface area contributed by atoms with Crippen molar-refractivity contribution in [2.75, 3.05) is 65.4 Å². The lowest BCUT2D eigenvalue weighted by Crippen LogP contribution is -2.64. The number of piperazine rings is 2. The molecule has 0 spiro atoms. The minimum Gasteiger partial charge on any atom is -0.444 e. The number of carbonyl (C=O) groups excluding carboxylic acids is 6. The zero-order valence-corrected chi connectivity index (χ0v) is 49.3. The van der Waals surface area contributed by atoms with Crippen molar-refractivity contribution in [3.63, 3.8) is 0 Å². The van der Waals surface area contributed by atoms with Crippen molar-refractivity contribution in [3.05, 3.63) is 107 Å². The molecule has 83 heavy (non-hydrogen) atoms. The minimum absolute atomic E-state index is 0.0469.